The fourth-order valence-corrected chi connectivity index (χ4v) is 5.75. The number of fused-ring (bicyclic) bond motifs is 1. The smallest absolute Gasteiger partial charge is 0.316 e. The molecule has 1 saturated carbocycles. The molecule has 0 N–H and O–H groups in total. The summed E-state index contributed by atoms with van der Waals surface area (Å²) in [5.41, 5.74) is 3.87. The van der Waals surface area contributed by atoms with E-state index in [0.717, 1.165) is 29.5 Å². The molecule has 1 saturated heterocycles. The van der Waals surface area contributed by atoms with Crippen LogP contribution in [0.25, 0.3) is 5.57 Å². The van der Waals surface area contributed by atoms with E-state index in [4.69, 9.17) is 14.2 Å². The van der Waals surface area contributed by atoms with E-state index in [1.165, 1.54) is 5.56 Å². The Kier molecular flexibility index (Phi) is 5.90. The minimum atomic E-state index is -0.668. The molecule has 1 aromatic rings. The number of allylic oxidation sites excluding steroid dienone is 2. The zero-order valence-electron chi connectivity index (χ0n) is 21.4. The summed E-state index contributed by atoms with van der Waals surface area (Å²) in [6, 6.07) is 4.31. The number of esters is 1. The number of carbonyl (C=O) groups is 2. The van der Waals surface area contributed by atoms with E-state index in [1.54, 1.807) is 0 Å². The van der Waals surface area contributed by atoms with Gasteiger partial charge in [0.2, 0.25) is 0 Å². The molecular formula is C28H38O5. The van der Waals surface area contributed by atoms with Crippen LogP contribution in [0.2, 0.25) is 0 Å². The molecule has 4 rings (SSSR count). The normalized spacial score (nSPS) is 28.7. The summed E-state index contributed by atoms with van der Waals surface area (Å²) in [6.45, 7) is 16.1. The molecule has 0 radical (unpaired) electrons. The van der Waals surface area contributed by atoms with Crippen molar-refractivity contribution in [2.45, 2.75) is 92.5 Å². The highest BCUT2D eigenvalue weighted by atomic mass is 16.8. The van der Waals surface area contributed by atoms with Crippen LogP contribution in [0.1, 0.15) is 83.6 Å². The van der Waals surface area contributed by atoms with Gasteiger partial charge < -0.3 is 14.2 Å². The predicted octanol–water partition coefficient (Wildman–Crippen LogP) is 5.55. The van der Waals surface area contributed by atoms with E-state index < -0.39 is 16.8 Å². The van der Waals surface area contributed by atoms with Crippen LogP contribution in [-0.4, -0.2) is 29.7 Å². The maximum Gasteiger partial charge on any atom is 0.316 e. The fourth-order valence-electron chi connectivity index (χ4n) is 5.75. The molecule has 180 valence electrons. The summed E-state index contributed by atoms with van der Waals surface area (Å²) >= 11 is 0. The van der Waals surface area contributed by atoms with E-state index in [2.05, 4.69) is 32.9 Å². The lowest BCUT2D eigenvalue weighted by atomic mass is 9.86. The lowest BCUT2D eigenvalue weighted by molar-refractivity contribution is -0.161. The molecule has 0 amide bonds. The Bertz CT molecular complexity index is 1000. The average molecular weight is 455 g/mol. The molecule has 1 spiro atoms. The van der Waals surface area contributed by atoms with Gasteiger partial charge in [0, 0.05) is 11.8 Å². The summed E-state index contributed by atoms with van der Waals surface area (Å²) < 4.78 is 18.3. The molecule has 1 aromatic carbocycles. The van der Waals surface area contributed by atoms with Crippen LogP contribution < -0.4 is 0 Å². The Labute approximate surface area is 197 Å². The van der Waals surface area contributed by atoms with E-state index in [0.29, 0.717) is 30.8 Å². The summed E-state index contributed by atoms with van der Waals surface area (Å²) in [6.07, 6.45) is 2.84. The average Bonchev–Trinajstić information content (AvgIpc) is 3.31. The standard InChI is InChI=1S/C28H38O5/c1-9-17-11-16(3)12-18(10-2)21(17)22-23(29)19-13-28(15-31-27(7,8)33-28)14-20(19)24(22)32-25(30)26(4,5)6/h11-12,19-20H,9-10,13-15H2,1-8H3. The number of Topliss-reactive ketones (excluding diaryl/α,β-unsaturated/α-hetero) is 1. The van der Waals surface area contributed by atoms with Crippen molar-refractivity contribution in [2.75, 3.05) is 6.61 Å². The minimum absolute atomic E-state index is 0.0788. The summed E-state index contributed by atoms with van der Waals surface area (Å²) in [7, 11) is 0. The molecule has 3 unspecified atom stereocenters. The van der Waals surface area contributed by atoms with Crippen LogP contribution in [0.15, 0.2) is 17.9 Å². The molecular weight excluding hydrogens is 416 g/mol. The highest BCUT2D eigenvalue weighted by Gasteiger charge is 2.60. The maximum atomic E-state index is 14.0. The third-order valence-corrected chi connectivity index (χ3v) is 7.25. The lowest BCUT2D eigenvalue weighted by Gasteiger charge is -2.26. The van der Waals surface area contributed by atoms with Gasteiger partial charge in [-0.05, 0) is 83.9 Å². The van der Waals surface area contributed by atoms with Crippen LogP contribution >= 0.6 is 0 Å². The summed E-state index contributed by atoms with van der Waals surface area (Å²) in [5.74, 6) is -0.781. The number of rotatable bonds is 4. The van der Waals surface area contributed by atoms with Gasteiger partial charge in [0.05, 0.1) is 23.2 Å². The Morgan fingerprint density at radius 2 is 1.67 bits per heavy atom. The van der Waals surface area contributed by atoms with Gasteiger partial charge in [-0.1, -0.05) is 31.5 Å². The summed E-state index contributed by atoms with van der Waals surface area (Å²) in [4.78, 5) is 27.1. The van der Waals surface area contributed by atoms with Crippen LogP contribution in [0.3, 0.4) is 0 Å². The number of ketones is 1. The van der Waals surface area contributed by atoms with Crippen LogP contribution in [-0.2, 0) is 36.6 Å². The molecule has 5 heteroatoms. The van der Waals surface area contributed by atoms with Crippen LogP contribution in [0, 0.1) is 24.2 Å². The monoisotopic (exact) mass is 454 g/mol. The van der Waals surface area contributed by atoms with E-state index in [9.17, 15) is 9.59 Å². The van der Waals surface area contributed by atoms with Crippen LogP contribution in [0.4, 0.5) is 0 Å². The Balaban J connectivity index is 1.86. The number of hydrogen-bond donors (Lipinski definition) is 0. The second-order valence-corrected chi connectivity index (χ2v) is 11.5. The third kappa shape index (κ3) is 4.19. The number of aryl methyl sites for hydroxylation is 3. The zero-order chi connectivity index (χ0) is 24.3. The zero-order valence-corrected chi connectivity index (χ0v) is 21.4. The first-order chi connectivity index (χ1) is 15.3. The second kappa shape index (κ2) is 8.06. The van der Waals surface area contributed by atoms with Gasteiger partial charge in [-0.3, -0.25) is 9.59 Å². The molecule has 1 heterocycles. The third-order valence-electron chi connectivity index (χ3n) is 7.25. The van der Waals surface area contributed by atoms with Crippen molar-refractivity contribution in [3.05, 3.63) is 40.1 Å². The SMILES string of the molecule is CCc1cc(C)cc(CC)c1C1=C(OC(=O)C(C)(C)C)C2CC3(COC(C)(C)O3)CC2C1=O. The minimum Gasteiger partial charge on any atom is -0.430 e. The second-order valence-electron chi connectivity index (χ2n) is 11.5. The van der Waals surface area contributed by atoms with Gasteiger partial charge >= 0.3 is 5.97 Å². The Hall–Kier alpha value is -1.98. The van der Waals surface area contributed by atoms with Gasteiger partial charge in [0.15, 0.2) is 11.6 Å². The quantitative estimate of drug-likeness (QED) is 0.558. The van der Waals surface area contributed by atoms with Crippen molar-refractivity contribution in [2.24, 2.45) is 17.3 Å². The largest absolute Gasteiger partial charge is 0.430 e. The van der Waals surface area contributed by atoms with Crippen LogP contribution in [0.5, 0.6) is 0 Å². The molecule has 1 aliphatic heterocycles. The van der Waals surface area contributed by atoms with Crippen molar-refractivity contribution >= 4 is 17.3 Å². The first kappa shape index (κ1) is 24.2. The number of benzene rings is 1. The Morgan fingerprint density at radius 3 is 2.15 bits per heavy atom. The van der Waals surface area contributed by atoms with Crippen molar-refractivity contribution in [1.29, 1.82) is 0 Å². The molecule has 3 aliphatic rings. The Morgan fingerprint density at radius 1 is 1.09 bits per heavy atom. The van der Waals surface area contributed by atoms with Gasteiger partial charge in [0.1, 0.15) is 5.76 Å². The maximum absolute atomic E-state index is 14.0. The molecule has 5 nitrogen and oxygen atoms in total. The number of ether oxygens (including phenoxy) is 3. The molecule has 2 aliphatic carbocycles. The first-order valence-corrected chi connectivity index (χ1v) is 12.3. The molecule has 0 aromatic heterocycles. The van der Waals surface area contributed by atoms with Gasteiger partial charge in [-0.15, -0.1) is 0 Å². The molecule has 0 bridgehead atoms. The van der Waals surface area contributed by atoms with Crippen molar-refractivity contribution in [3.8, 4) is 0 Å². The van der Waals surface area contributed by atoms with E-state index >= 15 is 0 Å². The highest BCUT2D eigenvalue weighted by Crippen LogP contribution is 2.57. The first-order valence-electron chi connectivity index (χ1n) is 12.3. The fraction of sp³-hybridized carbons (Fsp3) is 0.643. The molecule has 33 heavy (non-hydrogen) atoms. The van der Waals surface area contributed by atoms with E-state index in [1.807, 2.05) is 34.6 Å². The topological polar surface area (TPSA) is 61.8 Å². The van der Waals surface area contributed by atoms with Gasteiger partial charge in [0.25, 0.3) is 0 Å². The molecule has 2 fully saturated rings. The number of hydrogen-bond acceptors (Lipinski definition) is 5. The summed E-state index contributed by atoms with van der Waals surface area (Å²) in [5, 5.41) is 0. The lowest BCUT2D eigenvalue weighted by Crippen LogP contribution is -2.33. The molecule has 3 atom stereocenters. The van der Waals surface area contributed by atoms with Gasteiger partial charge in [-0.25, -0.2) is 0 Å². The highest BCUT2D eigenvalue weighted by molar-refractivity contribution is 6.26. The van der Waals surface area contributed by atoms with Crippen molar-refractivity contribution < 1.29 is 23.8 Å². The number of carbonyl (C=O) groups excluding carboxylic acids is 2. The van der Waals surface area contributed by atoms with Crippen molar-refractivity contribution in [1.82, 2.24) is 0 Å². The van der Waals surface area contributed by atoms with Gasteiger partial charge in [-0.2, -0.15) is 0 Å². The van der Waals surface area contributed by atoms with E-state index in [-0.39, 0.29) is 23.6 Å². The predicted molar refractivity (Wildman–Crippen MR) is 127 cm³/mol. The van der Waals surface area contributed by atoms with Crippen molar-refractivity contribution in [3.63, 3.8) is 0 Å².